The molecule has 0 rings (SSSR count). The van der Waals surface area contributed by atoms with E-state index in [-0.39, 0.29) is 0 Å². The van der Waals surface area contributed by atoms with Gasteiger partial charge in [0.1, 0.15) is 0 Å². The van der Waals surface area contributed by atoms with Crippen LogP contribution >= 0.6 is 12.6 Å². The fourth-order valence-electron chi connectivity index (χ4n) is 0.576. The molecule has 0 bridgehead atoms. The Morgan fingerprint density at radius 3 is 2.91 bits per heavy atom. The summed E-state index contributed by atoms with van der Waals surface area (Å²) < 4.78 is 0. The van der Waals surface area contributed by atoms with Crippen LogP contribution in [0.1, 0.15) is 13.3 Å². The SMILES string of the molecule is CC=N/C(=C\S)CC(N)C#N. The topological polar surface area (TPSA) is 62.2 Å². The Bertz CT molecular complexity index is 202. The minimum Gasteiger partial charge on any atom is -0.316 e. The lowest BCUT2D eigenvalue weighted by molar-refractivity contribution is 0.808. The van der Waals surface area contributed by atoms with Gasteiger partial charge in [-0.05, 0) is 12.3 Å². The van der Waals surface area contributed by atoms with Gasteiger partial charge in [-0.3, -0.25) is 4.99 Å². The molecule has 0 aliphatic rings. The van der Waals surface area contributed by atoms with Crippen molar-refractivity contribution in [2.45, 2.75) is 19.4 Å². The zero-order valence-corrected chi connectivity index (χ0v) is 7.25. The van der Waals surface area contributed by atoms with E-state index in [1.807, 2.05) is 6.07 Å². The van der Waals surface area contributed by atoms with Gasteiger partial charge in [0.15, 0.2) is 0 Å². The Morgan fingerprint density at radius 2 is 2.55 bits per heavy atom. The Labute approximate surface area is 72.0 Å². The van der Waals surface area contributed by atoms with E-state index >= 15 is 0 Å². The summed E-state index contributed by atoms with van der Waals surface area (Å²) in [6, 6.07) is 1.43. The second-order valence-electron chi connectivity index (χ2n) is 1.95. The van der Waals surface area contributed by atoms with Crippen LogP contribution < -0.4 is 5.73 Å². The second kappa shape index (κ2) is 5.96. The molecule has 1 unspecified atom stereocenters. The molecule has 2 N–H and O–H groups in total. The molecule has 0 heterocycles. The molecule has 0 radical (unpaired) electrons. The fourth-order valence-corrected chi connectivity index (χ4v) is 0.748. The van der Waals surface area contributed by atoms with Crippen molar-refractivity contribution in [3.63, 3.8) is 0 Å². The summed E-state index contributed by atoms with van der Waals surface area (Å²) in [5.74, 6) is 0. The monoisotopic (exact) mass is 169 g/mol. The van der Waals surface area contributed by atoms with E-state index in [2.05, 4.69) is 17.6 Å². The van der Waals surface area contributed by atoms with Gasteiger partial charge in [-0.1, -0.05) is 0 Å². The predicted molar refractivity (Wildman–Crippen MR) is 49.4 cm³/mol. The summed E-state index contributed by atoms with van der Waals surface area (Å²) in [6.07, 6.45) is 2.09. The predicted octanol–water partition coefficient (Wildman–Crippen LogP) is 1.09. The van der Waals surface area contributed by atoms with Crippen LogP contribution in [0, 0.1) is 11.3 Å². The van der Waals surface area contributed by atoms with Crippen LogP contribution in [0.2, 0.25) is 0 Å². The molecule has 0 aromatic rings. The number of nitrogens with two attached hydrogens (primary N) is 1. The Hall–Kier alpha value is -0.790. The number of hydrogen-bond acceptors (Lipinski definition) is 4. The lowest BCUT2D eigenvalue weighted by Crippen LogP contribution is -2.17. The number of thiol groups is 1. The Balaban J connectivity index is 4.02. The molecule has 0 saturated heterocycles. The van der Waals surface area contributed by atoms with E-state index in [0.29, 0.717) is 6.42 Å². The summed E-state index contributed by atoms with van der Waals surface area (Å²) in [7, 11) is 0. The zero-order chi connectivity index (χ0) is 8.69. The van der Waals surface area contributed by atoms with Crippen molar-refractivity contribution in [2.24, 2.45) is 10.7 Å². The van der Waals surface area contributed by atoms with Gasteiger partial charge >= 0.3 is 0 Å². The molecular formula is C7H11N3S. The summed E-state index contributed by atoms with van der Waals surface area (Å²) in [5.41, 5.74) is 6.10. The van der Waals surface area contributed by atoms with Crippen LogP contribution in [0.25, 0.3) is 0 Å². The highest BCUT2D eigenvalue weighted by atomic mass is 32.1. The van der Waals surface area contributed by atoms with Gasteiger partial charge < -0.3 is 5.73 Å². The summed E-state index contributed by atoms with van der Waals surface area (Å²) >= 11 is 3.92. The van der Waals surface area contributed by atoms with Crippen LogP contribution in [0.4, 0.5) is 0 Å². The van der Waals surface area contributed by atoms with Crippen molar-refractivity contribution >= 4 is 18.8 Å². The maximum Gasteiger partial charge on any atom is 0.0984 e. The molecular weight excluding hydrogens is 158 g/mol. The van der Waals surface area contributed by atoms with Crippen molar-refractivity contribution in [3.05, 3.63) is 11.1 Å². The molecule has 11 heavy (non-hydrogen) atoms. The Morgan fingerprint density at radius 1 is 1.91 bits per heavy atom. The van der Waals surface area contributed by atoms with E-state index in [1.54, 1.807) is 18.5 Å². The first-order chi connectivity index (χ1) is 5.24. The van der Waals surface area contributed by atoms with Crippen molar-refractivity contribution in [1.82, 2.24) is 0 Å². The smallest absolute Gasteiger partial charge is 0.0984 e. The molecule has 3 nitrogen and oxygen atoms in total. The number of nitriles is 1. The third-order valence-electron chi connectivity index (χ3n) is 1.04. The first-order valence-corrected chi connectivity index (χ1v) is 3.73. The van der Waals surface area contributed by atoms with E-state index < -0.39 is 6.04 Å². The van der Waals surface area contributed by atoms with Gasteiger partial charge in [-0.15, -0.1) is 12.6 Å². The van der Waals surface area contributed by atoms with Crippen molar-refractivity contribution in [2.75, 3.05) is 0 Å². The van der Waals surface area contributed by atoms with Crippen LogP contribution in [-0.4, -0.2) is 12.3 Å². The normalized spacial score (nSPS) is 14.9. The first-order valence-electron chi connectivity index (χ1n) is 3.21. The molecule has 0 aliphatic carbocycles. The van der Waals surface area contributed by atoms with Crippen LogP contribution in [0.3, 0.4) is 0 Å². The number of hydrogen-bond donors (Lipinski definition) is 2. The standard InChI is InChI=1S/C7H11N3S/c1-2-10-7(5-11)3-6(9)4-8/h2,5-6,11H,3,9H2,1H3/b7-5-,10-2?. The first kappa shape index (κ1) is 10.2. The van der Waals surface area contributed by atoms with Gasteiger partial charge in [-0.2, -0.15) is 5.26 Å². The lowest BCUT2D eigenvalue weighted by atomic mass is 10.2. The van der Waals surface area contributed by atoms with E-state index in [0.717, 1.165) is 5.70 Å². The minimum absolute atomic E-state index is 0.449. The van der Waals surface area contributed by atoms with E-state index in [9.17, 15) is 0 Å². The largest absolute Gasteiger partial charge is 0.316 e. The van der Waals surface area contributed by atoms with Gasteiger partial charge in [0.05, 0.1) is 12.1 Å². The molecule has 0 aromatic carbocycles. The van der Waals surface area contributed by atoms with Gasteiger partial charge in [0, 0.05) is 18.3 Å². The maximum absolute atomic E-state index is 8.37. The maximum atomic E-state index is 8.37. The van der Waals surface area contributed by atoms with E-state index in [1.165, 1.54) is 0 Å². The average Bonchev–Trinajstić information content (AvgIpc) is 2.03. The molecule has 4 heteroatoms. The highest BCUT2D eigenvalue weighted by Crippen LogP contribution is 2.05. The number of aliphatic imine (C=N–C) groups is 1. The molecule has 0 fully saturated rings. The van der Waals surface area contributed by atoms with Crippen LogP contribution in [0.5, 0.6) is 0 Å². The third-order valence-corrected chi connectivity index (χ3v) is 1.34. The van der Waals surface area contributed by atoms with Crippen molar-refractivity contribution in [1.29, 1.82) is 5.26 Å². The average molecular weight is 169 g/mol. The molecule has 60 valence electrons. The highest BCUT2D eigenvalue weighted by Gasteiger charge is 2.01. The van der Waals surface area contributed by atoms with Crippen molar-refractivity contribution < 1.29 is 0 Å². The van der Waals surface area contributed by atoms with Gasteiger partial charge in [0.25, 0.3) is 0 Å². The Kier molecular flexibility index (Phi) is 5.53. The summed E-state index contributed by atoms with van der Waals surface area (Å²) in [6.45, 7) is 1.80. The second-order valence-corrected chi connectivity index (χ2v) is 2.21. The molecule has 0 spiro atoms. The molecule has 1 atom stereocenters. The zero-order valence-electron chi connectivity index (χ0n) is 6.36. The summed E-state index contributed by atoms with van der Waals surface area (Å²) in [4.78, 5) is 3.96. The molecule has 0 aliphatic heterocycles. The quantitative estimate of drug-likeness (QED) is 0.490. The molecule has 0 amide bonds. The molecule has 0 saturated carbocycles. The lowest BCUT2D eigenvalue weighted by Gasteiger charge is -2.00. The third kappa shape index (κ3) is 4.59. The highest BCUT2D eigenvalue weighted by molar-refractivity contribution is 7.83. The molecule has 0 aromatic heterocycles. The summed E-state index contributed by atoms with van der Waals surface area (Å²) in [5, 5.41) is 9.92. The fraction of sp³-hybridized carbons (Fsp3) is 0.429. The number of rotatable bonds is 3. The van der Waals surface area contributed by atoms with E-state index in [4.69, 9.17) is 11.0 Å². The van der Waals surface area contributed by atoms with Gasteiger partial charge in [-0.25, -0.2) is 0 Å². The van der Waals surface area contributed by atoms with Crippen LogP contribution in [0.15, 0.2) is 16.1 Å². The van der Waals surface area contributed by atoms with Crippen molar-refractivity contribution in [3.8, 4) is 6.07 Å². The number of nitrogens with zero attached hydrogens (tertiary/aromatic N) is 2. The van der Waals surface area contributed by atoms with Gasteiger partial charge in [0.2, 0.25) is 0 Å². The van der Waals surface area contributed by atoms with Crippen LogP contribution in [-0.2, 0) is 0 Å². The minimum atomic E-state index is -0.489.